The number of rotatable bonds is 4. The van der Waals surface area contributed by atoms with E-state index < -0.39 is 29.7 Å². The normalized spacial score (nSPS) is 20.3. The molecule has 1 atom stereocenters. The van der Waals surface area contributed by atoms with Gasteiger partial charge in [0.2, 0.25) is 5.91 Å². The molecule has 2 fully saturated rings. The first-order valence-corrected chi connectivity index (χ1v) is 10.6. The first kappa shape index (κ1) is 21.2. The third-order valence-corrected chi connectivity index (χ3v) is 6.37. The first-order valence-electron chi connectivity index (χ1n) is 8.97. The average molecular weight is 472 g/mol. The molecule has 0 bridgehead atoms. The zero-order chi connectivity index (χ0) is 22.3. The third kappa shape index (κ3) is 3.99. The van der Waals surface area contributed by atoms with Crippen LogP contribution in [0.3, 0.4) is 0 Å². The molecule has 156 valence electrons. The molecule has 2 heterocycles. The van der Waals surface area contributed by atoms with Gasteiger partial charge in [-0.15, -0.1) is 0 Å². The first-order chi connectivity index (χ1) is 14.8. The van der Waals surface area contributed by atoms with E-state index in [2.05, 4.69) is 0 Å². The smallest absolute Gasteiger partial charge is 0.266 e. The van der Waals surface area contributed by atoms with Gasteiger partial charge in [0, 0.05) is 5.02 Å². The van der Waals surface area contributed by atoms with Crippen molar-refractivity contribution in [1.82, 2.24) is 4.90 Å². The quantitative estimate of drug-likeness (QED) is 0.383. The van der Waals surface area contributed by atoms with Crippen molar-refractivity contribution in [3.8, 4) is 0 Å². The van der Waals surface area contributed by atoms with Crippen LogP contribution in [-0.2, 0) is 14.4 Å². The van der Waals surface area contributed by atoms with Crippen molar-refractivity contribution in [2.45, 2.75) is 12.5 Å². The Morgan fingerprint density at radius 1 is 1.10 bits per heavy atom. The standard InChI is InChI=1S/C21H13ClN2O5S2/c22-13-5-1-11(2-6-13)9-16-19(27)24(21(30)31-16)15-10-17(25)23(18(15)26)14-7-3-12(4-8-14)20(28)29/h1-9,15H,10H2,(H,28,29)/p-1/b16-9-/t15-/m0/s1. The fourth-order valence-electron chi connectivity index (χ4n) is 3.29. The van der Waals surface area contributed by atoms with Crippen molar-refractivity contribution in [3.05, 3.63) is 69.6 Å². The van der Waals surface area contributed by atoms with Gasteiger partial charge in [-0.3, -0.25) is 19.3 Å². The van der Waals surface area contributed by atoms with Crippen molar-refractivity contribution in [3.63, 3.8) is 0 Å². The van der Waals surface area contributed by atoms with Crippen LogP contribution in [0.2, 0.25) is 5.02 Å². The van der Waals surface area contributed by atoms with Crippen molar-refractivity contribution in [2.75, 3.05) is 4.90 Å². The molecule has 2 aliphatic heterocycles. The van der Waals surface area contributed by atoms with Gasteiger partial charge in [0.15, 0.2) is 0 Å². The van der Waals surface area contributed by atoms with Crippen molar-refractivity contribution >= 4 is 75.4 Å². The summed E-state index contributed by atoms with van der Waals surface area (Å²) >= 11 is 12.2. The van der Waals surface area contributed by atoms with Gasteiger partial charge in [-0.2, -0.15) is 0 Å². The summed E-state index contributed by atoms with van der Waals surface area (Å²) in [7, 11) is 0. The monoisotopic (exact) mass is 471 g/mol. The van der Waals surface area contributed by atoms with Crippen LogP contribution in [0.1, 0.15) is 22.3 Å². The molecule has 2 aliphatic rings. The van der Waals surface area contributed by atoms with Crippen LogP contribution < -0.4 is 10.0 Å². The molecule has 4 rings (SSSR count). The molecule has 0 spiro atoms. The molecule has 31 heavy (non-hydrogen) atoms. The van der Waals surface area contributed by atoms with Gasteiger partial charge in [-0.1, -0.05) is 59.8 Å². The number of thiocarbonyl (C=S) groups is 1. The van der Waals surface area contributed by atoms with Crippen LogP contribution in [0.4, 0.5) is 5.69 Å². The summed E-state index contributed by atoms with van der Waals surface area (Å²) in [5.74, 6) is -2.93. The lowest BCUT2D eigenvalue weighted by molar-refractivity contribution is -0.255. The molecule has 0 N–H and O–H groups in total. The predicted octanol–water partition coefficient (Wildman–Crippen LogP) is 2.24. The van der Waals surface area contributed by atoms with E-state index in [0.29, 0.717) is 9.93 Å². The van der Waals surface area contributed by atoms with Crippen molar-refractivity contribution in [2.24, 2.45) is 0 Å². The van der Waals surface area contributed by atoms with Gasteiger partial charge >= 0.3 is 0 Å². The number of amides is 3. The van der Waals surface area contributed by atoms with E-state index in [1.54, 1.807) is 30.3 Å². The van der Waals surface area contributed by atoms with Gasteiger partial charge in [0.1, 0.15) is 10.4 Å². The van der Waals surface area contributed by atoms with Gasteiger partial charge in [0.05, 0.1) is 23.0 Å². The summed E-state index contributed by atoms with van der Waals surface area (Å²) in [4.78, 5) is 51.8. The Labute approximate surface area is 191 Å². The summed E-state index contributed by atoms with van der Waals surface area (Å²) in [6.07, 6.45) is 1.43. The summed E-state index contributed by atoms with van der Waals surface area (Å²) in [5, 5.41) is 11.5. The Hall–Kier alpha value is -3.01. The maximum absolute atomic E-state index is 13.0. The SMILES string of the molecule is O=C([O-])c1ccc(N2C(=O)C[C@H](N3C(=O)/C(=C/c4ccc(Cl)cc4)SC3=S)C2=O)cc1. The molecular weight excluding hydrogens is 460 g/mol. The van der Waals surface area contributed by atoms with Crippen molar-refractivity contribution < 1.29 is 24.3 Å². The van der Waals surface area contributed by atoms with E-state index in [9.17, 15) is 24.3 Å². The summed E-state index contributed by atoms with van der Waals surface area (Å²) in [6, 6.07) is 11.0. The summed E-state index contributed by atoms with van der Waals surface area (Å²) in [6.45, 7) is 0. The minimum atomic E-state index is -1.37. The predicted molar refractivity (Wildman–Crippen MR) is 118 cm³/mol. The number of hydrogen-bond acceptors (Lipinski definition) is 7. The molecule has 2 aromatic carbocycles. The van der Waals surface area contributed by atoms with Gasteiger partial charge in [0.25, 0.3) is 11.8 Å². The minimum absolute atomic E-state index is 0.0799. The Morgan fingerprint density at radius 2 is 1.74 bits per heavy atom. The Balaban J connectivity index is 1.58. The molecule has 0 saturated carbocycles. The Bertz CT molecular complexity index is 1160. The number of nitrogens with zero attached hydrogens (tertiary/aromatic N) is 2. The van der Waals surface area contributed by atoms with Crippen LogP contribution in [0.15, 0.2) is 53.4 Å². The van der Waals surface area contributed by atoms with E-state index in [-0.39, 0.29) is 22.0 Å². The highest BCUT2D eigenvalue weighted by atomic mass is 35.5. The highest BCUT2D eigenvalue weighted by molar-refractivity contribution is 8.26. The maximum Gasteiger partial charge on any atom is 0.266 e. The number of carbonyl (C=O) groups is 4. The maximum atomic E-state index is 13.0. The molecule has 0 aromatic heterocycles. The molecule has 0 radical (unpaired) electrons. The Kier molecular flexibility index (Phi) is 5.65. The second-order valence-corrected chi connectivity index (χ2v) is 8.84. The average Bonchev–Trinajstić information content (AvgIpc) is 3.17. The molecule has 2 saturated heterocycles. The van der Waals surface area contributed by atoms with Crippen LogP contribution >= 0.6 is 35.6 Å². The Morgan fingerprint density at radius 3 is 2.35 bits per heavy atom. The third-order valence-electron chi connectivity index (χ3n) is 4.79. The van der Waals surface area contributed by atoms with Crippen LogP contribution in [0.25, 0.3) is 6.08 Å². The van der Waals surface area contributed by atoms with Gasteiger partial charge in [-0.25, -0.2) is 4.90 Å². The second kappa shape index (κ2) is 8.26. The number of imide groups is 1. The van der Waals surface area contributed by atoms with Crippen LogP contribution in [0, 0.1) is 0 Å². The van der Waals surface area contributed by atoms with Gasteiger partial charge in [-0.05, 0) is 41.5 Å². The number of benzene rings is 2. The molecular formula is C21H12ClN2O5S2-. The molecule has 0 aliphatic carbocycles. The number of aromatic carboxylic acids is 1. The number of anilines is 1. The van der Waals surface area contributed by atoms with Gasteiger partial charge < -0.3 is 9.90 Å². The molecule has 10 heteroatoms. The number of halogens is 1. The van der Waals surface area contributed by atoms with Crippen LogP contribution in [0.5, 0.6) is 0 Å². The van der Waals surface area contributed by atoms with Crippen molar-refractivity contribution in [1.29, 1.82) is 0 Å². The minimum Gasteiger partial charge on any atom is -0.545 e. The topological polar surface area (TPSA) is 97.8 Å². The molecule has 7 nitrogen and oxygen atoms in total. The molecule has 3 amide bonds. The lowest BCUT2D eigenvalue weighted by Crippen LogP contribution is -2.44. The van der Waals surface area contributed by atoms with E-state index in [1.807, 2.05) is 0 Å². The lowest BCUT2D eigenvalue weighted by atomic mass is 10.2. The number of thioether (sulfide) groups is 1. The number of hydrogen-bond donors (Lipinski definition) is 0. The summed E-state index contributed by atoms with van der Waals surface area (Å²) in [5.41, 5.74) is 0.877. The van der Waals surface area contributed by atoms with E-state index in [1.165, 1.54) is 24.3 Å². The number of carboxylic acids is 1. The molecule has 0 unspecified atom stereocenters. The fourth-order valence-corrected chi connectivity index (χ4v) is 4.78. The fraction of sp³-hybridized carbons (Fsp3) is 0.0952. The molecule has 2 aromatic rings. The number of carbonyl (C=O) groups excluding carboxylic acids is 4. The lowest BCUT2D eigenvalue weighted by Gasteiger charge is -2.21. The van der Waals surface area contributed by atoms with Crippen LogP contribution in [-0.4, -0.2) is 39.0 Å². The van der Waals surface area contributed by atoms with E-state index in [4.69, 9.17) is 23.8 Å². The van der Waals surface area contributed by atoms with E-state index >= 15 is 0 Å². The highest BCUT2D eigenvalue weighted by Gasteiger charge is 2.48. The highest BCUT2D eigenvalue weighted by Crippen LogP contribution is 2.37. The largest absolute Gasteiger partial charge is 0.545 e. The summed E-state index contributed by atoms with van der Waals surface area (Å²) < 4.78 is 0.186. The number of carboxylic acid groups (broad SMARTS) is 1. The van der Waals surface area contributed by atoms with E-state index in [0.717, 1.165) is 27.1 Å². The zero-order valence-electron chi connectivity index (χ0n) is 15.6. The zero-order valence-corrected chi connectivity index (χ0v) is 18.0. The second-order valence-electron chi connectivity index (χ2n) is 6.72.